The standard InChI is InChI=1S/C18H11F3N4O5/c19-18(20,21)30-15-7-13-12(6-14(15)28-10-4-2-1-3-5-10)23-16(24-13)25-9-11(8-22-25)29-17(26)27/h1-9H,(H,23,24)(H,26,27). The average Bonchev–Trinajstić information content (AvgIpc) is 3.27. The SMILES string of the molecule is O=C(O)Oc1cnn(-c2nc3cc(OC(F)(F)F)c(Oc4ccccc4)cc3[nH]2)c1. The molecule has 4 aromatic rings. The zero-order valence-electron chi connectivity index (χ0n) is 14.8. The molecule has 0 amide bonds. The molecule has 0 saturated heterocycles. The third-order valence-electron chi connectivity index (χ3n) is 3.71. The normalized spacial score (nSPS) is 11.4. The molecule has 2 N–H and O–H groups in total. The number of H-pyrrole nitrogens is 1. The van der Waals surface area contributed by atoms with E-state index in [9.17, 15) is 18.0 Å². The number of ether oxygens (including phenoxy) is 3. The largest absolute Gasteiger partial charge is 0.573 e. The van der Waals surface area contributed by atoms with Gasteiger partial charge in [0, 0.05) is 12.1 Å². The molecular weight excluding hydrogens is 409 g/mol. The summed E-state index contributed by atoms with van der Waals surface area (Å²) in [5.74, 6) is -0.396. The zero-order chi connectivity index (χ0) is 21.3. The van der Waals surface area contributed by atoms with Crippen molar-refractivity contribution in [3.05, 3.63) is 54.9 Å². The number of rotatable bonds is 5. The molecule has 9 nitrogen and oxygen atoms in total. The van der Waals surface area contributed by atoms with E-state index in [1.54, 1.807) is 30.3 Å². The van der Waals surface area contributed by atoms with Gasteiger partial charge in [-0.3, -0.25) is 0 Å². The summed E-state index contributed by atoms with van der Waals surface area (Å²) in [7, 11) is 0. The van der Waals surface area contributed by atoms with E-state index in [-0.39, 0.29) is 23.0 Å². The Bertz CT molecular complexity index is 1200. The van der Waals surface area contributed by atoms with Crippen LogP contribution in [0.15, 0.2) is 54.9 Å². The minimum Gasteiger partial charge on any atom is -0.453 e. The lowest BCUT2D eigenvalue weighted by molar-refractivity contribution is -0.275. The van der Waals surface area contributed by atoms with Gasteiger partial charge in [0.25, 0.3) is 0 Å². The lowest BCUT2D eigenvalue weighted by Crippen LogP contribution is -2.17. The fourth-order valence-corrected chi connectivity index (χ4v) is 2.59. The van der Waals surface area contributed by atoms with Crippen molar-refractivity contribution in [2.24, 2.45) is 0 Å². The van der Waals surface area contributed by atoms with Crippen molar-refractivity contribution >= 4 is 17.2 Å². The number of alkyl halides is 3. The van der Waals surface area contributed by atoms with Gasteiger partial charge >= 0.3 is 12.5 Å². The van der Waals surface area contributed by atoms with Crippen molar-refractivity contribution in [3.63, 3.8) is 0 Å². The fraction of sp³-hybridized carbons (Fsp3) is 0.0556. The number of benzene rings is 2. The molecule has 4 rings (SSSR count). The topological polar surface area (TPSA) is 111 Å². The van der Waals surface area contributed by atoms with Gasteiger partial charge in [0.15, 0.2) is 17.2 Å². The van der Waals surface area contributed by atoms with Crippen LogP contribution in [0.1, 0.15) is 0 Å². The van der Waals surface area contributed by atoms with Gasteiger partial charge in [0.1, 0.15) is 5.75 Å². The second-order valence-electron chi connectivity index (χ2n) is 5.83. The minimum atomic E-state index is -4.94. The van der Waals surface area contributed by atoms with Crippen molar-refractivity contribution < 1.29 is 37.3 Å². The Kier molecular flexibility index (Phi) is 4.66. The van der Waals surface area contributed by atoms with E-state index >= 15 is 0 Å². The van der Waals surface area contributed by atoms with Gasteiger partial charge in [0.05, 0.1) is 23.4 Å². The molecular formula is C18H11F3N4O5. The zero-order valence-corrected chi connectivity index (χ0v) is 14.8. The van der Waals surface area contributed by atoms with Crippen LogP contribution in [0.2, 0.25) is 0 Å². The van der Waals surface area contributed by atoms with E-state index < -0.39 is 18.3 Å². The van der Waals surface area contributed by atoms with Crippen molar-refractivity contribution in [1.29, 1.82) is 0 Å². The summed E-state index contributed by atoms with van der Waals surface area (Å²) in [6, 6.07) is 10.6. The Morgan fingerprint density at radius 3 is 2.57 bits per heavy atom. The summed E-state index contributed by atoms with van der Waals surface area (Å²) < 4.78 is 53.8. The molecule has 0 radical (unpaired) electrons. The maximum atomic E-state index is 12.9. The van der Waals surface area contributed by atoms with Gasteiger partial charge in [-0.25, -0.2) is 14.5 Å². The summed E-state index contributed by atoms with van der Waals surface area (Å²) in [6.07, 6.45) is -4.08. The van der Waals surface area contributed by atoms with Crippen LogP contribution >= 0.6 is 0 Å². The first kappa shape index (κ1) is 19.1. The number of carboxylic acid groups (broad SMARTS) is 1. The Hall–Kier alpha value is -4.22. The molecule has 0 fully saturated rings. The molecule has 0 saturated carbocycles. The monoisotopic (exact) mass is 420 g/mol. The maximum Gasteiger partial charge on any atom is 0.573 e. The first-order valence-corrected chi connectivity index (χ1v) is 8.25. The maximum absolute atomic E-state index is 12.9. The molecule has 0 unspecified atom stereocenters. The Labute approximate surface area is 165 Å². The number of hydrogen-bond acceptors (Lipinski definition) is 6. The first-order chi connectivity index (χ1) is 14.3. The van der Waals surface area contributed by atoms with E-state index in [0.717, 1.165) is 12.3 Å². The highest BCUT2D eigenvalue weighted by Gasteiger charge is 2.33. The highest BCUT2D eigenvalue weighted by Crippen LogP contribution is 2.38. The summed E-state index contributed by atoms with van der Waals surface area (Å²) in [5, 5.41) is 12.5. The van der Waals surface area contributed by atoms with E-state index in [4.69, 9.17) is 9.84 Å². The number of hydrogen-bond donors (Lipinski definition) is 2. The summed E-state index contributed by atoms with van der Waals surface area (Å²) in [6.45, 7) is 0. The number of carbonyl (C=O) groups is 1. The van der Waals surface area contributed by atoms with E-state index in [1.807, 2.05) is 0 Å². The molecule has 0 aliphatic carbocycles. The van der Waals surface area contributed by atoms with Crippen LogP contribution in [0.3, 0.4) is 0 Å². The van der Waals surface area contributed by atoms with Gasteiger partial charge in [-0.05, 0) is 12.1 Å². The van der Waals surface area contributed by atoms with Crippen LogP contribution in [0, 0.1) is 0 Å². The Morgan fingerprint density at radius 2 is 1.87 bits per heavy atom. The van der Waals surface area contributed by atoms with Crippen molar-refractivity contribution in [2.75, 3.05) is 0 Å². The molecule has 0 atom stereocenters. The lowest BCUT2D eigenvalue weighted by atomic mass is 10.2. The predicted molar refractivity (Wildman–Crippen MR) is 95.1 cm³/mol. The second kappa shape index (κ2) is 7.31. The summed E-state index contributed by atoms with van der Waals surface area (Å²) in [4.78, 5) is 17.6. The number of halogens is 3. The van der Waals surface area contributed by atoms with Crippen LogP contribution < -0.4 is 14.2 Å². The molecule has 2 aromatic heterocycles. The van der Waals surface area contributed by atoms with Crippen LogP contribution in [0.5, 0.6) is 23.0 Å². The van der Waals surface area contributed by atoms with Crippen molar-refractivity contribution in [3.8, 4) is 28.9 Å². The molecule has 2 aromatic carbocycles. The van der Waals surface area contributed by atoms with Gasteiger partial charge in [-0.2, -0.15) is 5.10 Å². The highest BCUT2D eigenvalue weighted by molar-refractivity contribution is 5.81. The average molecular weight is 420 g/mol. The van der Waals surface area contributed by atoms with Crippen LogP contribution in [-0.4, -0.2) is 37.4 Å². The smallest absolute Gasteiger partial charge is 0.453 e. The predicted octanol–water partition coefficient (Wildman–Crippen LogP) is 4.50. The number of aromatic nitrogens is 4. The van der Waals surface area contributed by atoms with E-state index in [1.165, 1.54) is 16.9 Å². The number of para-hydroxylation sites is 1. The Balaban J connectivity index is 1.73. The highest BCUT2D eigenvalue weighted by atomic mass is 19.4. The molecule has 2 heterocycles. The van der Waals surface area contributed by atoms with Gasteiger partial charge in [-0.15, -0.1) is 13.2 Å². The summed E-state index contributed by atoms with van der Waals surface area (Å²) in [5.41, 5.74) is 0.475. The van der Waals surface area contributed by atoms with E-state index in [2.05, 4.69) is 24.5 Å². The van der Waals surface area contributed by atoms with Crippen LogP contribution in [-0.2, 0) is 0 Å². The summed E-state index contributed by atoms with van der Waals surface area (Å²) >= 11 is 0. The lowest BCUT2D eigenvalue weighted by Gasteiger charge is -2.14. The quantitative estimate of drug-likeness (QED) is 0.458. The fourth-order valence-electron chi connectivity index (χ4n) is 2.59. The molecule has 30 heavy (non-hydrogen) atoms. The van der Waals surface area contributed by atoms with Gasteiger partial charge in [-0.1, -0.05) is 18.2 Å². The van der Waals surface area contributed by atoms with Crippen molar-refractivity contribution in [1.82, 2.24) is 19.7 Å². The molecule has 0 spiro atoms. The number of nitrogens with zero attached hydrogens (tertiary/aromatic N) is 3. The van der Waals surface area contributed by atoms with Crippen molar-refractivity contribution in [2.45, 2.75) is 6.36 Å². The second-order valence-corrected chi connectivity index (χ2v) is 5.83. The molecule has 154 valence electrons. The van der Waals surface area contributed by atoms with Gasteiger partial charge < -0.3 is 24.3 Å². The minimum absolute atomic E-state index is 0.0582. The number of fused-ring (bicyclic) bond motifs is 1. The molecule has 12 heteroatoms. The third-order valence-corrected chi connectivity index (χ3v) is 3.71. The van der Waals surface area contributed by atoms with Gasteiger partial charge in [0.2, 0.25) is 5.95 Å². The number of nitrogens with one attached hydrogen (secondary N) is 1. The molecule has 0 aliphatic rings. The molecule has 0 aliphatic heterocycles. The Morgan fingerprint density at radius 1 is 1.10 bits per heavy atom. The van der Waals surface area contributed by atoms with Crippen LogP contribution in [0.4, 0.5) is 18.0 Å². The van der Waals surface area contributed by atoms with E-state index in [0.29, 0.717) is 11.3 Å². The molecule has 0 bridgehead atoms. The third kappa shape index (κ3) is 4.27. The number of imidazole rings is 1. The van der Waals surface area contributed by atoms with Crippen LogP contribution in [0.25, 0.3) is 17.0 Å². The number of aromatic amines is 1. The first-order valence-electron chi connectivity index (χ1n) is 8.25.